The van der Waals surface area contributed by atoms with Gasteiger partial charge >= 0.3 is 0 Å². The molecule has 0 amide bonds. The normalized spacial score (nSPS) is 17.3. The third kappa shape index (κ3) is 2.56. The van der Waals surface area contributed by atoms with E-state index in [2.05, 4.69) is 47.6 Å². The fraction of sp³-hybridized carbons (Fsp3) is 0.636. The van der Waals surface area contributed by atoms with Gasteiger partial charge in [0.05, 0.1) is 0 Å². The molecule has 0 bridgehead atoms. The van der Waals surface area contributed by atoms with E-state index in [0.717, 1.165) is 23.8 Å². The summed E-state index contributed by atoms with van der Waals surface area (Å²) in [4.78, 5) is 4.51. The van der Waals surface area contributed by atoms with Gasteiger partial charge in [-0.25, -0.2) is 4.98 Å². The molecule has 0 spiro atoms. The summed E-state index contributed by atoms with van der Waals surface area (Å²) in [6.07, 6.45) is 6.63. The molecule has 1 aromatic rings. The lowest BCUT2D eigenvalue weighted by Crippen LogP contribution is -2.16. The van der Waals surface area contributed by atoms with Crippen LogP contribution in [0.2, 0.25) is 0 Å². The largest absolute Gasteiger partial charge is 0.357 e. The second-order valence-electron chi connectivity index (χ2n) is 4.96. The summed E-state index contributed by atoms with van der Waals surface area (Å²) in [6, 6.07) is 0.519. The summed E-state index contributed by atoms with van der Waals surface area (Å²) in [6.45, 7) is 6.40. The second-order valence-corrected chi connectivity index (χ2v) is 5.71. The van der Waals surface area contributed by atoms with E-state index < -0.39 is 0 Å². The van der Waals surface area contributed by atoms with Gasteiger partial charge in [-0.2, -0.15) is 4.37 Å². The molecule has 0 atom stereocenters. The van der Waals surface area contributed by atoms with Crippen LogP contribution in [0.3, 0.4) is 0 Å². The molecule has 0 saturated carbocycles. The van der Waals surface area contributed by atoms with Crippen molar-refractivity contribution >= 4 is 16.7 Å². The predicted molar refractivity (Wildman–Crippen MR) is 64.4 cm³/mol. The topological polar surface area (TPSA) is 37.8 Å². The maximum Gasteiger partial charge on any atom is 0.202 e. The van der Waals surface area contributed by atoms with Crippen LogP contribution in [0.1, 0.15) is 39.4 Å². The number of hydrogen-bond acceptors (Lipinski definition) is 4. The van der Waals surface area contributed by atoms with Gasteiger partial charge < -0.3 is 5.32 Å². The number of nitrogens with one attached hydrogen (secondary N) is 1. The molecule has 4 heteroatoms. The first kappa shape index (κ1) is 10.6. The highest BCUT2D eigenvalue weighted by Gasteiger charge is 2.20. The fourth-order valence-corrected chi connectivity index (χ4v) is 2.33. The van der Waals surface area contributed by atoms with Gasteiger partial charge in [0, 0.05) is 23.0 Å². The Morgan fingerprint density at radius 3 is 2.53 bits per heavy atom. The van der Waals surface area contributed by atoms with E-state index >= 15 is 0 Å². The van der Waals surface area contributed by atoms with Crippen LogP contribution < -0.4 is 5.32 Å². The van der Waals surface area contributed by atoms with Crippen molar-refractivity contribution in [3.05, 3.63) is 18.0 Å². The molecule has 1 aromatic heterocycles. The minimum atomic E-state index is 0.0460. The molecule has 1 aliphatic rings. The van der Waals surface area contributed by atoms with Crippen LogP contribution in [0.25, 0.3) is 0 Å². The summed E-state index contributed by atoms with van der Waals surface area (Å²) >= 11 is 1.46. The van der Waals surface area contributed by atoms with Crippen LogP contribution in [-0.4, -0.2) is 15.4 Å². The number of aromatic nitrogens is 2. The van der Waals surface area contributed by atoms with E-state index in [4.69, 9.17) is 0 Å². The summed E-state index contributed by atoms with van der Waals surface area (Å²) in [5.41, 5.74) is 0.0460. The molecule has 0 radical (unpaired) electrons. The van der Waals surface area contributed by atoms with Crippen LogP contribution in [0, 0.1) is 0 Å². The van der Waals surface area contributed by atoms with Gasteiger partial charge in [-0.15, -0.1) is 0 Å². The fourth-order valence-electron chi connectivity index (χ4n) is 1.50. The van der Waals surface area contributed by atoms with Crippen LogP contribution in [0.5, 0.6) is 0 Å². The molecule has 2 rings (SSSR count). The summed E-state index contributed by atoms with van der Waals surface area (Å²) < 4.78 is 4.38. The zero-order valence-corrected chi connectivity index (χ0v) is 10.3. The van der Waals surface area contributed by atoms with Gasteiger partial charge in [0.25, 0.3) is 0 Å². The average molecular weight is 223 g/mol. The van der Waals surface area contributed by atoms with Crippen LogP contribution in [-0.2, 0) is 5.41 Å². The average Bonchev–Trinajstić information content (AvgIpc) is 2.73. The van der Waals surface area contributed by atoms with Crippen LogP contribution >= 0.6 is 11.5 Å². The highest BCUT2D eigenvalue weighted by molar-refractivity contribution is 7.09. The molecule has 3 nitrogen and oxygen atoms in total. The van der Waals surface area contributed by atoms with Crippen molar-refractivity contribution in [3.8, 4) is 0 Å². The van der Waals surface area contributed by atoms with Crippen molar-refractivity contribution < 1.29 is 0 Å². The van der Waals surface area contributed by atoms with E-state index in [1.165, 1.54) is 11.5 Å². The van der Waals surface area contributed by atoms with Crippen LogP contribution in [0.4, 0.5) is 5.13 Å². The molecule has 1 aliphatic carbocycles. The third-order valence-corrected chi connectivity index (χ3v) is 3.08. The maximum absolute atomic E-state index is 4.51. The molecule has 0 aliphatic heterocycles. The Morgan fingerprint density at radius 2 is 2.00 bits per heavy atom. The van der Waals surface area contributed by atoms with Gasteiger partial charge in [0.1, 0.15) is 5.82 Å². The summed E-state index contributed by atoms with van der Waals surface area (Å²) in [5.74, 6) is 0.931. The molecule has 1 N–H and O–H groups in total. The zero-order chi connectivity index (χ0) is 10.9. The highest BCUT2D eigenvalue weighted by atomic mass is 32.1. The minimum absolute atomic E-state index is 0.0460. The molecule has 0 unspecified atom stereocenters. The molecular weight excluding hydrogens is 206 g/mol. The number of anilines is 1. The quantitative estimate of drug-likeness (QED) is 0.783. The van der Waals surface area contributed by atoms with E-state index in [9.17, 15) is 0 Å². The van der Waals surface area contributed by atoms with Crippen molar-refractivity contribution in [3.63, 3.8) is 0 Å². The second kappa shape index (κ2) is 3.93. The molecule has 0 saturated heterocycles. The van der Waals surface area contributed by atoms with Crippen molar-refractivity contribution in [2.24, 2.45) is 0 Å². The van der Waals surface area contributed by atoms with Gasteiger partial charge in [-0.05, 0) is 12.8 Å². The molecule has 15 heavy (non-hydrogen) atoms. The van der Waals surface area contributed by atoms with E-state index in [0.29, 0.717) is 6.04 Å². The Kier molecular flexibility index (Phi) is 2.78. The molecule has 1 heterocycles. The van der Waals surface area contributed by atoms with Crippen molar-refractivity contribution in [2.75, 3.05) is 5.32 Å². The number of hydrogen-bond donors (Lipinski definition) is 1. The highest BCUT2D eigenvalue weighted by Crippen LogP contribution is 2.24. The van der Waals surface area contributed by atoms with Gasteiger partial charge in [0.15, 0.2) is 0 Å². The predicted octanol–water partition coefficient (Wildman–Crippen LogP) is 2.97. The number of nitrogens with zero attached hydrogens (tertiary/aromatic N) is 2. The Balaban J connectivity index is 2.01. The molecular formula is C11H17N3S. The maximum atomic E-state index is 4.51. The minimum Gasteiger partial charge on any atom is -0.357 e. The van der Waals surface area contributed by atoms with Gasteiger partial charge in [-0.1, -0.05) is 32.9 Å². The van der Waals surface area contributed by atoms with Crippen LogP contribution in [0.15, 0.2) is 12.2 Å². The Bertz CT molecular complexity index is 354. The first-order valence-corrected chi connectivity index (χ1v) is 6.09. The van der Waals surface area contributed by atoms with E-state index in [-0.39, 0.29) is 5.41 Å². The van der Waals surface area contributed by atoms with Gasteiger partial charge in [0.2, 0.25) is 5.13 Å². The van der Waals surface area contributed by atoms with Crippen molar-refractivity contribution in [2.45, 2.75) is 45.1 Å². The summed E-state index contributed by atoms with van der Waals surface area (Å²) in [5, 5.41) is 4.37. The lowest BCUT2D eigenvalue weighted by molar-refractivity contribution is 0.555. The Morgan fingerprint density at radius 1 is 1.33 bits per heavy atom. The smallest absolute Gasteiger partial charge is 0.202 e. The Labute approximate surface area is 94.8 Å². The SMILES string of the molecule is CC(C)(C)c1nsc(NC2CC=CC2)n1. The lowest BCUT2D eigenvalue weighted by atomic mass is 9.96. The Hall–Kier alpha value is -0.900. The third-order valence-electron chi connectivity index (χ3n) is 2.43. The van der Waals surface area contributed by atoms with Crippen molar-refractivity contribution in [1.29, 1.82) is 0 Å². The standard InChI is InChI=1S/C11H17N3S/c1-11(2,3)9-13-10(15-14-9)12-8-6-4-5-7-8/h4-5,8H,6-7H2,1-3H3,(H,12,13,14). The zero-order valence-electron chi connectivity index (χ0n) is 9.45. The first-order valence-electron chi connectivity index (χ1n) is 5.31. The number of rotatable bonds is 2. The first-order chi connectivity index (χ1) is 7.05. The summed E-state index contributed by atoms with van der Waals surface area (Å²) in [7, 11) is 0. The van der Waals surface area contributed by atoms with E-state index in [1.54, 1.807) is 0 Å². The molecule has 0 fully saturated rings. The van der Waals surface area contributed by atoms with Crippen molar-refractivity contribution in [1.82, 2.24) is 9.36 Å². The van der Waals surface area contributed by atoms with E-state index in [1.807, 2.05) is 0 Å². The monoisotopic (exact) mass is 223 g/mol. The molecule has 0 aromatic carbocycles. The molecule has 82 valence electrons. The van der Waals surface area contributed by atoms with Gasteiger partial charge in [-0.3, -0.25) is 0 Å². The lowest BCUT2D eigenvalue weighted by Gasteiger charge is -2.13.